The van der Waals surface area contributed by atoms with E-state index in [2.05, 4.69) is 15.9 Å². The fourth-order valence-electron chi connectivity index (χ4n) is 4.63. The summed E-state index contributed by atoms with van der Waals surface area (Å²) in [5.74, 6) is 0. The van der Waals surface area contributed by atoms with E-state index in [1.807, 2.05) is 35.2 Å². The van der Waals surface area contributed by atoms with Crippen molar-refractivity contribution in [1.82, 2.24) is 4.90 Å². The maximum atomic E-state index is 14.6. The Kier molecular flexibility index (Phi) is 7.62. The molecule has 0 amide bonds. The van der Waals surface area contributed by atoms with E-state index in [0.717, 1.165) is 17.7 Å². The minimum absolute atomic E-state index is 0.236. The van der Waals surface area contributed by atoms with Gasteiger partial charge in [-0.25, -0.2) is 4.39 Å². The van der Waals surface area contributed by atoms with E-state index in [1.54, 1.807) is 24.3 Å². The van der Waals surface area contributed by atoms with Gasteiger partial charge >= 0.3 is 18.0 Å². The molecule has 1 saturated heterocycles. The van der Waals surface area contributed by atoms with Crippen molar-refractivity contribution in [3.05, 3.63) is 100 Å². The maximum Gasteiger partial charge on any atom is 0.435 e. The zero-order valence-corrected chi connectivity index (χ0v) is 21.5. The molecule has 2 nitrogen and oxygen atoms in total. The summed E-state index contributed by atoms with van der Waals surface area (Å²) in [7, 11) is -1.73. The predicted octanol–water partition coefficient (Wildman–Crippen LogP) is 7.65. The Morgan fingerprint density at radius 1 is 0.838 bits per heavy atom. The van der Waals surface area contributed by atoms with Gasteiger partial charge in [-0.3, -0.25) is 9.11 Å². The maximum absolute atomic E-state index is 14.6. The third kappa shape index (κ3) is 5.22. The van der Waals surface area contributed by atoms with Gasteiger partial charge in [0.25, 0.3) is 0 Å². The van der Waals surface area contributed by atoms with Gasteiger partial charge in [-0.1, -0.05) is 76.6 Å². The molecule has 0 spiro atoms. The SMILES string of the molecule is O=S(c1cccc(Br)c1)C1(c2ccc(C(F)(C(F)(F)F)C(F)(F)F)cc2)CCN(Cc2ccccc2)C1. The fourth-order valence-corrected chi connectivity index (χ4v) is 6.99. The van der Waals surface area contributed by atoms with Crippen molar-refractivity contribution in [2.75, 3.05) is 13.1 Å². The molecule has 1 aliphatic rings. The smallest absolute Gasteiger partial charge is 0.297 e. The zero-order valence-electron chi connectivity index (χ0n) is 19.1. The molecular weight excluding hydrogens is 587 g/mol. The van der Waals surface area contributed by atoms with E-state index in [9.17, 15) is 34.9 Å². The first-order valence-corrected chi connectivity index (χ1v) is 13.1. The van der Waals surface area contributed by atoms with Gasteiger partial charge in [-0.15, -0.1) is 0 Å². The third-order valence-corrected chi connectivity index (χ3v) is 8.97. The van der Waals surface area contributed by atoms with Crippen molar-refractivity contribution >= 4 is 26.7 Å². The van der Waals surface area contributed by atoms with Gasteiger partial charge in [-0.05, 0) is 35.7 Å². The Bertz CT molecular complexity index is 1250. The Labute approximate surface area is 220 Å². The van der Waals surface area contributed by atoms with Crippen LogP contribution in [0.3, 0.4) is 0 Å². The second-order valence-corrected chi connectivity index (χ2v) is 11.6. The van der Waals surface area contributed by atoms with Crippen LogP contribution in [0.2, 0.25) is 0 Å². The number of rotatable bonds is 6. The van der Waals surface area contributed by atoms with Crippen LogP contribution in [0, 0.1) is 0 Å². The molecule has 1 heterocycles. The first-order chi connectivity index (χ1) is 17.3. The fraction of sp³-hybridized carbons (Fsp3) is 0.308. The standard InChI is InChI=1S/C26H21BrF7NOS/c27-21-7-4-8-22(15-21)37(36)23(13-14-35(17-23)16-18-5-2-1-3-6-18)19-9-11-20(12-10-19)24(28,25(29,30)31)26(32,33)34/h1-12,15H,13-14,16-17H2. The molecule has 3 aromatic rings. The van der Waals surface area contributed by atoms with Gasteiger partial charge in [0.2, 0.25) is 0 Å². The number of hydrogen-bond donors (Lipinski definition) is 0. The molecule has 198 valence electrons. The van der Waals surface area contributed by atoms with Gasteiger partial charge in [0.1, 0.15) is 0 Å². The highest BCUT2D eigenvalue weighted by molar-refractivity contribution is 9.10. The molecule has 0 bridgehead atoms. The molecule has 4 rings (SSSR count). The predicted molar refractivity (Wildman–Crippen MR) is 130 cm³/mol. The molecule has 1 fully saturated rings. The van der Waals surface area contributed by atoms with Crippen LogP contribution in [0.5, 0.6) is 0 Å². The van der Waals surface area contributed by atoms with Crippen molar-refractivity contribution < 1.29 is 34.9 Å². The molecule has 0 aromatic heterocycles. The second kappa shape index (κ2) is 10.1. The number of nitrogens with zero attached hydrogens (tertiary/aromatic N) is 1. The Morgan fingerprint density at radius 3 is 2.03 bits per heavy atom. The molecule has 2 unspecified atom stereocenters. The molecule has 11 heteroatoms. The first-order valence-electron chi connectivity index (χ1n) is 11.1. The lowest BCUT2D eigenvalue weighted by Gasteiger charge is -2.32. The second-order valence-electron chi connectivity index (χ2n) is 8.90. The lowest BCUT2D eigenvalue weighted by atomic mass is 9.90. The van der Waals surface area contributed by atoms with Crippen LogP contribution in [0.15, 0.2) is 88.2 Å². The first kappa shape index (κ1) is 27.8. The van der Waals surface area contributed by atoms with Gasteiger partial charge in [0.05, 0.1) is 15.5 Å². The number of hydrogen-bond acceptors (Lipinski definition) is 2. The van der Waals surface area contributed by atoms with E-state index < -0.39 is 39.1 Å². The summed E-state index contributed by atoms with van der Waals surface area (Å²) >= 11 is 3.34. The summed E-state index contributed by atoms with van der Waals surface area (Å²) in [6.45, 7) is 1.25. The minimum Gasteiger partial charge on any atom is -0.297 e. The summed E-state index contributed by atoms with van der Waals surface area (Å²) in [4.78, 5) is 2.48. The number of benzene rings is 3. The van der Waals surface area contributed by atoms with E-state index in [-0.39, 0.29) is 12.1 Å². The summed E-state index contributed by atoms with van der Waals surface area (Å²) in [5, 5.41) is 0. The normalized spacial score (nSPS) is 20.2. The average Bonchev–Trinajstić information content (AvgIpc) is 3.27. The van der Waals surface area contributed by atoms with Gasteiger partial charge in [0, 0.05) is 34.6 Å². The molecule has 37 heavy (non-hydrogen) atoms. The van der Waals surface area contributed by atoms with Gasteiger partial charge in [-0.2, -0.15) is 26.3 Å². The van der Waals surface area contributed by atoms with Crippen LogP contribution in [0.25, 0.3) is 0 Å². The van der Waals surface area contributed by atoms with Crippen LogP contribution < -0.4 is 0 Å². The monoisotopic (exact) mass is 607 g/mol. The molecule has 0 aliphatic carbocycles. The lowest BCUT2D eigenvalue weighted by molar-refractivity contribution is -0.348. The quantitative estimate of drug-likeness (QED) is 0.268. The van der Waals surface area contributed by atoms with Crippen molar-refractivity contribution in [2.45, 2.75) is 40.6 Å². The molecular formula is C26H21BrF7NOS. The van der Waals surface area contributed by atoms with Crippen molar-refractivity contribution in [3.63, 3.8) is 0 Å². The topological polar surface area (TPSA) is 20.3 Å². The van der Waals surface area contributed by atoms with Crippen molar-refractivity contribution in [3.8, 4) is 0 Å². The summed E-state index contributed by atoms with van der Waals surface area (Å²) < 4.78 is 108. The van der Waals surface area contributed by atoms with Crippen LogP contribution in [0.1, 0.15) is 23.1 Å². The molecule has 2 atom stereocenters. The van der Waals surface area contributed by atoms with Crippen LogP contribution in [-0.2, 0) is 27.8 Å². The highest BCUT2D eigenvalue weighted by Crippen LogP contribution is 2.53. The molecule has 0 saturated carbocycles. The number of likely N-dealkylation sites (tertiary alicyclic amines) is 1. The average molecular weight is 608 g/mol. The van der Waals surface area contributed by atoms with Gasteiger partial charge < -0.3 is 0 Å². The molecule has 0 radical (unpaired) electrons. The Hall–Kier alpha value is -2.24. The highest BCUT2D eigenvalue weighted by atomic mass is 79.9. The van der Waals surface area contributed by atoms with Crippen LogP contribution in [-0.4, -0.2) is 34.6 Å². The van der Waals surface area contributed by atoms with Crippen molar-refractivity contribution in [2.24, 2.45) is 0 Å². The number of halogens is 8. The molecule has 1 aliphatic heterocycles. The summed E-state index contributed by atoms with van der Waals surface area (Å²) in [6, 6.07) is 19.3. The van der Waals surface area contributed by atoms with Gasteiger partial charge in [0.15, 0.2) is 0 Å². The van der Waals surface area contributed by atoms with Crippen LogP contribution >= 0.6 is 15.9 Å². The van der Waals surface area contributed by atoms with E-state index in [1.165, 1.54) is 0 Å². The summed E-state index contributed by atoms with van der Waals surface area (Å²) in [5.41, 5.74) is -5.82. The minimum atomic E-state index is -6.20. The highest BCUT2D eigenvalue weighted by Gasteiger charge is 2.73. The van der Waals surface area contributed by atoms with Crippen LogP contribution in [0.4, 0.5) is 30.7 Å². The molecule has 0 N–H and O–H groups in total. The van der Waals surface area contributed by atoms with Crippen molar-refractivity contribution in [1.29, 1.82) is 0 Å². The Balaban J connectivity index is 1.75. The number of alkyl halides is 7. The largest absolute Gasteiger partial charge is 0.435 e. The Morgan fingerprint density at radius 2 is 1.46 bits per heavy atom. The van der Waals surface area contributed by atoms with E-state index in [4.69, 9.17) is 0 Å². The molecule has 3 aromatic carbocycles. The summed E-state index contributed by atoms with van der Waals surface area (Å²) in [6.07, 6.45) is -12.1. The van der Waals surface area contributed by atoms with E-state index in [0.29, 0.717) is 41.0 Å². The lowest BCUT2D eigenvalue weighted by Crippen LogP contribution is -2.50. The third-order valence-electron chi connectivity index (χ3n) is 6.51. The zero-order chi connectivity index (χ0) is 27.1. The van der Waals surface area contributed by atoms with E-state index >= 15 is 0 Å².